The smallest absolute Gasteiger partial charge is 0.332 e. The molecule has 1 aliphatic heterocycles. The van der Waals surface area contributed by atoms with Crippen molar-refractivity contribution in [3.63, 3.8) is 0 Å². The summed E-state index contributed by atoms with van der Waals surface area (Å²) in [6, 6.07) is 16.7. The van der Waals surface area contributed by atoms with Gasteiger partial charge in [-0.2, -0.15) is 5.10 Å². The molecule has 0 N–H and O–H groups in total. The van der Waals surface area contributed by atoms with E-state index in [1.165, 1.54) is 22.8 Å². The molecule has 0 spiro atoms. The number of esters is 1. The summed E-state index contributed by atoms with van der Waals surface area (Å²) in [6.45, 7) is 4.09. The minimum atomic E-state index is -0.336. The zero-order valence-electron chi connectivity index (χ0n) is 17.1. The van der Waals surface area contributed by atoms with Crippen LogP contribution in [0.15, 0.2) is 65.4 Å². The van der Waals surface area contributed by atoms with Crippen LogP contribution in [0.2, 0.25) is 0 Å². The van der Waals surface area contributed by atoms with Gasteiger partial charge < -0.3 is 9.47 Å². The van der Waals surface area contributed by atoms with Crippen molar-refractivity contribution >= 4 is 11.7 Å². The Morgan fingerprint density at radius 3 is 2.76 bits per heavy atom. The van der Waals surface area contributed by atoms with Crippen molar-refractivity contribution in [3.05, 3.63) is 77.0 Å². The van der Waals surface area contributed by atoms with Crippen molar-refractivity contribution in [2.24, 2.45) is 11.0 Å². The van der Waals surface area contributed by atoms with E-state index in [1.54, 1.807) is 7.11 Å². The summed E-state index contributed by atoms with van der Waals surface area (Å²) in [6.07, 6.45) is 3.52. The van der Waals surface area contributed by atoms with Crippen LogP contribution in [0.1, 0.15) is 43.0 Å². The Labute approximate surface area is 171 Å². The van der Waals surface area contributed by atoms with Gasteiger partial charge in [0.15, 0.2) is 0 Å². The zero-order chi connectivity index (χ0) is 20.4. The van der Waals surface area contributed by atoms with E-state index in [0.29, 0.717) is 6.61 Å². The van der Waals surface area contributed by atoms with Crippen LogP contribution in [-0.2, 0) is 16.0 Å². The molecule has 2 aromatic carbocycles. The highest BCUT2D eigenvalue weighted by atomic mass is 16.5. The Balaban J connectivity index is 1.77. The molecule has 0 fully saturated rings. The van der Waals surface area contributed by atoms with Gasteiger partial charge in [-0.05, 0) is 56.0 Å². The van der Waals surface area contributed by atoms with Crippen molar-refractivity contribution in [1.82, 2.24) is 5.01 Å². The van der Waals surface area contributed by atoms with Gasteiger partial charge in [0.1, 0.15) is 5.75 Å². The number of rotatable bonds is 5. The van der Waals surface area contributed by atoms with Gasteiger partial charge in [-0.1, -0.05) is 30.3 Å². The molecule has 0 bridgehead atoms. The van der Waals surface area contributed by atoms with E-state index in [4.69, 9.17) is 14.6 Å². The van der Waals surface area contributed by atoms with Gasteiger partial charge in [0.2, 0.25) is 0 Å². The molecule has 5 nitrogen and oxygen atoms in total. The van der Waals surface area contributed by atoms with Gasteiger partial charge in [0.25, 0.3) is 0 Å². The van der Waals surface area contributed by atoms with Crippen LogP contribution in [0.3, 0.4) is 0 Å². The molecule has 4 rings (SSSR count). The van der Waals surface area contributed by atoms with Crippen molar-refractivity contribution in [3.8, 4) is 5.75 Å². The van der Waals surface area contributed by atoms with E-state index in [1.807, 2.05) is 31.0 Å². The zero-order valence-corrected chi connectivity index (χ0v) is 17.1. The van der Waals surface area contributed by atoms with E-state index in [-0.39, 0.29) is 17.9 Å². The Hall–Kier alpha value is -3.08. The van der Waals surface area contributed by atoms with Gasteiger partial charge in [-0.25, -0.2) is 4.79 Å². The molecule has 150 valence electrons. The number of carbonyl (C=O) groups is 1. The Kier molecular flexibility index (Phi) is 5.38. The number of nitrogens with zero attached hydrogens (tertiary/aromatic N) is 2. The Bertz CT molecular complexity index is 965. The lowest BCUT2D eigenvalue weighted by Gasteiger charge is -2.31. The lowest BCUT2D eigenvalue weighted by Crippen LogP contribution is -2.28. The van der Waals surface area contributed by atoms with E-state index in [0.717, 1.165) is 30.0 Å². The number of methoxy groups -OCH3 is 1. The van der Waals surface area contributed by atoms with Crippen LogP contribution in [0.5, 0.6) is 5.75 Å². The molecule has 5 heteroatoms. The third-order valence-electron chi connectivity index (χ3n) is 5.64. The van der Waals surface area contributed by atoms with E-state index >= 15 is 0 Å². The first-order valence-corrected chi connectivity index (χ1v) is 10.1. The van der Waals surface area contributed by atoms with Crippen LogP contribution in [0.25, 0.3) is 0 Å². The molecular formula is C24H26N2O3. The molecule has 0 radical (unpaired) electrons. The number of hydrogen-bond donors (Lipinski definition) is 0. The summed E-state index contributed by atoms with van der Waals surface area (Å²) in [7, 11) is 1.69. The summed E-state index contributed by atoms with van der Waals surface area (Å²) < 4.78 is 10.5. The van der Waals surface area contributed by atoms with E-state index < -0.39 is 0 Å². The first-order chi connectivity index (χ1) is 14.1. The lowest BCUT2D eigenvalue weighted by atomic mass is 9.77. The number of benzene rings is 2. The first-order valence-electron chi connectivity index (χ1n) is 10.1. The van der Waals surface area contributed by atoms with Crippen molar-refractivity contribution < 1.29 is 14.3 Å². The average molecular weight is 390 g/mol. The van der Waals surface area contributed by atoms with Crippen LogP contribution < -0.4 is 4.74 Å². The molecular weight excluding hydrogens is 364 g/mol. The SMILES string of the molecule is CCOC(=O)C=C(C)N1N=C2c3ccc(OC)cc3CCC2C1c1ccccc1. The van der Waals surface area contributed by atoms with E-state index in [9.17, 15) is 4.79 Å². The third-order valence-corrected chi connectivity index (χ3v) is 5.64. The minimum absolute atomic E-state index is 0.0622. The predicted octanol–water partition coefficient (Wildman–Crippen LogP) is 4.49. The predicted molar refractivity (Wildman–Crippen MR) is 113 cm³/mol. The lowest BCUT2D eigenvalue weighted by molar-refractivity contribution is -0.137. The largest absolute Gasteiger partial charge is 0.497 e. The number of hydrogen-bond acceptors (Lipinski definition) is 5. The van der Waals surface area contributed by atoms with Crippen molar-refractivity contribution in [2.75, 3.05) is 13.7 Å². The fraction of sp³-hybridized carbons (Fsp3) is 0.333. The summed E-state index contributed by atoms with van der Waals surface area (Å²) in [5.41, 5.74) is 5.51. The molecule has 0 saturated carbocycles. The van der Waals surface area contributed by atoms with Gasteiger partial charge >= 0.3 is 5.97 Å². The van der Waals surface area contributed by atoms with Gasteiger partial charge in [-0.15, -0.1) is 0 Å². The fourth-order valence-electron chi connectivity index (χ4n) is 4.33. The summed E-state index contributed by atoms with van der Waals surface area (Å²) >= 11 is 0. The van der Waals surface area contributed by atoms with Crippen molar-refractivity contribution in [2.45, 2.75) is 32.7 Å². The molecule has 1 heterocycles. The summed E-state index contributed by atoms with van der Waals surface area (Å²) in [4.78, 5) is 12.0. The number of allylic oxidation sites excluding steroid dienone is 1. The van der Waals surface area contributed by atoms with Gasteiger partial charge in [0, 0.05) is 23.3 Å². The average Bonchev–Trinajstić information content (AvgIpc) is 3.14. The highest BCUT2D eigenvalue weighted by Crippen LogP contribution is 2.45. The number of ether oxygens (including phenoxy) is 2. The second-order valence-electron chi connectivity index (χ2n) is 7.39. The van der Waals surface area contributed by atoms with Crippen LogP contribution >= 0.6 is 0 Å². The molecule has 29 heavy (non-hydrogen) atoms. The van der Waals surface area contributed by atoms with Crippen LogP contribution in [0, 0.1) is 5.92 Å². The molecule has 1 aliphatic carbocycles. The normalized spacial score (nSPS) is 20.6. The number of aryl methyl sites for hydroxylation is 1. The molecule has 2 unspecified atom stereocenters. The van der Waals surface area contributed by atoms with Gasteiger partial charge in [0.05, 0.1) is 25.5 Å². The van der Waals surface area contributed by atoms with Crippen LogP contribution in [0.4, 0.5) is 0 Å². The molecule has 0 amide bonds. The third kappa shape index (κ3) is 3.65. The maximum atomic E-state index is 12.0. The Morgan fingerprint density at radius 2 is 2.03 bits per heavy atom. The maximum absolute atomic E-state index is 12.0. The molecule has 0 aromatic heterocycles. The fourth-order valence-corrected chi connectivity index (χ4v) is 4.33. The molecule has 2 atom stereocenters. The molecule has 2 aromatic rings. The number of fused-ring (bicyclic) bond motifs is 3. The topological polar surface area (TPSA) is 51.1 Å². The van der Waals surface area contributed by atoms with Crippen molar-refractivity contribution in [1.29, 1.82) is 0 Å². The van der Waals surface area contributed by atoms with Gasteiger partial charge in [-0.3, -0.25) is 5.01 Å². The summed E-state index contributed by atoms with van der Waals surface area (Å²) in [5.74, 6) is 0.802. The quantitative estimate of drug-likeness (QED) is 0.558. The summed E-state index contributed by atoms with van der Waals surface area (Å²) in [5, 5.41) is 7.00. The van der Waals surface area contributed by atoms with E-state index in [2.05, 4.69) is 36.4 Å². The minimum Gasteiger partial charge on any atom is -0.497 e. The first kappa shape index (κ1) is 19.2. The highest BCUT2D eigenvalue weighted by Gasteiger charge is 2.42. The Morgan fingerprint density at radius 1 is 1.24 bits per heavy atom. The van der Waals surface area contributed by atoms with Crippen LogP contribution in [-0.4, -0.2) is 30.4 Å². The molecule has 2 aliphatic rings. The standard InChI is InChI=1S/C24H26N2O3/c1-4-29-22(27)14-16(2)26-24(17-8-6-5-7-9-17)21-12-10-18-15-19(28-3)11-13-20(18)23(21)25-26/h5-9,11,13-15,21,24H,4,10,12H2,1-3H3. The highest BCUT2D eigenvalue weighted by molar-refractivity contribution is 6.06. The second kappa shape index (κ2) is 8.11. The number of carbonyl (C=O) groups excluding carboxylic acids is 1. The monoisotopic (exact) mass is 390 g/mol. The maximum Gasteiger partial charge on any atom is 0.332 e. The second-order valence-corrected chi connectivity index (χ2v) is 7.39. The molecule has 0 saturated heterocycles. The number of hydrazone groups is 1.